The molecule has 0 bridgehead atoms. The molecule has 1 N–H and O–H groups in total. The third-order valence-electron chi connectivity index (χ3n) is 3.97. The molecule has 0 amide bonds. The van der Waals surface area contributed by atoms with Crippen LogP contribution in [0.2, 0.25) is 0 Å². The molecule has 0 aliphatic heterocycles. The molecule has 112 valence electrons. The highest BCUT2D eigenvalue weighted by Crippen LogP contribution is 2.42. The van der Waals surface area contributed by atoms with Gasteiger partial charge in [-0.15, -0.1) is 0 Å². The number of hydrogen-bond donors (Lipinski definition) is 1. The first-order valence-electron chi connectivity index (χ1n) is 6.72. The van der Waals surface area contributed by atoms with Crippen molar-refractivity contribution >= 4 is 5.69 Å². The van der Waals surface area contributed by atoms with E-state index in [0.717, 1.165) is 31.0 Å². The van der Waals surface area contributed by atoms with Crippen LogP contribution in [0.4, 0.5) is 23.2 Å². The molecule has 5 heteroatoms. The van der Waals surface area contributed by atoms with E-state index in [1.54, 1.807) is 0 Å². The molecule has 0 heterocycles. The maximum absolute atomic E-state index is 13.7. The Balaban J connectivity index is 2.21. The van der Waals surface area contributed by atoms with Gasteiger partial charge in [-0.05, 0) is 42.4 Å². The van der Waals surface area contributed by atoms with Gasteiger partial charge in [-0.3, -0.25) is 0 Å². The van der Waals surface area contributed by atoms with Crippen molar-refractivity contribution in [3.63, 3.8) is 0 Å². The van der Waals surface area contributed by atoms with Gasteiger partial charge in [0, 0.05) is 6.04 Å². The van der Waals surface area contributed by atoms with Crippen LogP contribution in [0.5, 0.6) is 0 Å². The Hall–Kier alpha value is -1.26. The highest BCUT2D eigenvalue weighted by atomic mass is 19.4. The predicted octanol–water partition coefficient (Wildman–Crippen LogP) is 5.08. The van der Waals surface area contributed by atoms with Crippen molar-refractivity contribution in [3.05, 3.63) is 29.6 Å². The van der Waals surface area contributed by atoms with Crippen LogP contribution in [0.25, 0.3) is 0 Å². The topological polar surface area (TPSA) is 12.0 Å². The molecule has 2 unspecified atom stereocenters. The summed E-state index contributed by atoms with van der Waals surface area (Å²) in [5.74, 6) is -0.339. The van der Waals surface area contributed by atoms with Crippen molar-refractivity contribution in [1.82, 2.24) is 0 Å². The quantitative estimate of drug-likeness (QED) is 0.748. The SMILES string of the molecule is CC1CC(C)(C)CC1Nc1cc(C(F)(F)F)ccc1F. The van der Waals surface area contributed by atoms with Gasteiger partial charge in [0.2, 0.25) is 0 Å². The molecule has 1 aromatic carbocycles. The Kier molecular flexibility index (Phi) is 3.73. The minimum Gasteiger partial charge on any atom is -0.380 e. The van der Waals surface area contributed by atoms with Crippen LogP contribution >= 0.6 is 0 Å². The van der Waals surface area contributed by atoms with Gasteiger partial charge in [0.25, 0.3) is 0 Å². The molecule has 1 saturated carbocycles. The Morgan fingerprint density at radius 3 is 2.35 bits per heavy atom. The largest absolute Gasteiger partial charge is 0.416 e. The second-order valence-electron chi connectivity index (χ2n) is 6.49. The molecule has 2 rings (SSSR count). The molecule has 0 radical (unpaired) electrons. The molecule has 0 saturated heterocycles. The fraction of sp³-hybridized carbons (Fsp3) is 0.600. The summed E-state index contributed by atoms with van der Waals surface area (Å²) in [6.45, 7) is 6.28. The Morgan fingerprint density at radius 2 is 1.85 bits per heavy atom. The maximum atomic E-state index is 13.7. The van der Waals surface area contributed by atoms with Crippen LogP contribution < -0.4 is 5.32 Å². The lowest BCUT2D eigenvalue weighted by molar-refractivity contribution is -0.137. The van der Waals surface area contributed by atoms with E-state index in [1.807, 2.05) is 6.92 Å². The molecule has 1 nitrogen and oxygen atoms in total. The fourth-order valence-corrected chi connectivity index (χ4v) is 3.10. The zero-order valence-corrected chi connectivity index (χ0v) is 11.8. The van der Waals surface area contributed by atoms with Crippen LogP contribution in [0.1, 0.15) is 39.2 Å². The van der Waals surface area contributed by atoms with Crippen LogP contribution in [0, 0.1) is 17.2 Å². The summed E-state index contributed by atoms with van der Waals surface area (Å²) < 4.78 is 51.7. The Labute approximate surface area is 116 Å². The number of benzene rings is 1. The maximum Gasteiger partial charge on any atom is 0.416 e. The van der Waals surface area contributed by atoms with Gasteiger partial charge in [-0.1, -0.05) is 20.8 Å². The van der Waals surface area contributed by atoms with Crippen LogP contribution in [0.15, 0.2) is 18.2 Å². The van der Waals surface area contributed by atoms with Gasteiger partial charge in [-0.2, -0.15) is 13.2 Å². The first-order chi connectivity index (χ1) is 9.08. The zero-order valence-electron chi connectivity index (χ0n) is 11.8. The third kappa shape index (κ3) is 3.25. The average Bonchev–Trinajstić information content (AvgIpc) is 2.53. The second kappa shape index (κ2) is 4.93. The van der Waals surface area contributed by atoms with E-state index < -0.39 is 17.6 Å². The number of anilines is 1. The van der Waals surface area contributed by atoms with E-state index in [1.165, 1.54) is 0 Å². The molecule has 0 aromatic heterocycles. The van der Waals surface area contributed by atoms with E-state index in [2.05, 4.69) is 19.2 Å². The molecule has 0 spiro atoms. The lowest BCUT2D eigenvalue weighted by atomic mass is 9.91. The molecule has 20 heavy (non-hydrogen) atoms. The molecule has 1 aliphatic rings. The summed E-state index contributed by atoms with van der Waals surface area (Å²) in [4.78, 5) is 0. The molecular weight excluding hydrogens is 270 g/mol. The summed E-state index contributed by atoms with van der Waals surface area (Å²) in [6, 6.07) is 2.49. The van der Waals surface area contributed by atoms with Crippen molar-refractivity contribution in [3.8, 4) is 0 Å². The third-order valence-corrected chi connectivity index (χ3v) is 3.97. The summed E-state index contributed by atoms with van der Waals surface area (Å²) in [5.41, 5.74) is -0.754. The highest BCUT2D eigenvalue weighted by Gasteiger charge is 2.37. The summed E-state index contributed by atoms with van der Waals surface area (Å²) in [5, 5.41) is 2.95. The average molecular weight is 289 g/mol. The predicted molar refractivity (Wildman–Crippen MR) is 71.0 cm³/mol. The second-order valence-corrected chi connectivity index (χ2v) is 6.49. The van der Waals surface area contributed by atoms with E-state index >= 15 is 0 Å². The molecule has 1 aliphatic carbocycles. The van der Waals surface area contributed by atoms with Crippen molar-refractivity contribution in [2.24, 2.45) is 11.3 Å². The van der Waals surface area contributed by atoms with Gasteiger partial charge in [0.05, 0.1) is 11.3 Å². The minimum absolute atomic E-state index is 0.00276. The van der Waals surface area contributed by atoms with E-state index in [9.17, 15) is 17.6 Å². The van der Waals surface area contributed by atoms with Crippen LogP contribution in [-0.4, -0.2) is 6.04 Å². The Bertz CT molecular complexity index is 493. The van der Waals surface area contributed by atoms with Gasteiger partial charge >= 0.3 is 6.18 Å². The highest BCUT2D eigenvalue weighted by molar-refractivity contribution is 5.49. The van der Waals surface area contributed by atoms with Crippen LogP contribution in [0.3, 0.4) is 0 Å². The number of nitrogens with one attached hydrogen (secondary N) is 1. The minimum atomic E-state index is -4.45. The van der Waals surface area contributed by atoms with E-state index in [0.29, 0.717) is 5.92 Å². The summed E-state index contributed by atoms with van der Waals surface area (Å²) in [7, 11) is 0. The number of rotatable bonds is 2. The van der Waals surface area contributed by atoms with Crippen molar-refractivity contribution in [2.75, 3.05) is 5.32 Å². The molecule has 1 aromatic rings. The molecule has 2 atom stereocenters. The number of hydrogen-bond acceptors (Lipinski definition) is 1. The molecule has 1 fully saturated rings. The standard InChI is InChI=1S/C15H19F4N/c1-9-7-14(2,3)8-13(9)20-12-6-10(15(17,18)19)4-5-11(12)16/h4-6,9,13,20H,7-8H2,1-3H3. The Morgan fingerprint density at radius 1 is 1.20 bits per heavy atom. The van der Waals surface area contributed by atoms with E-state index in [4.69, 9.17) is 0 Å². The van der Waals surface area contributed by atoms with Gasteiger partial charge in [0.15, 0.2) is 0 Å². The zero-order chi connectivity index (χ0) is 15.1. The lowest BCUT2D eigenvalue weighted by Crippen LogP contribution is -2.23. The molecular formula is C15H19F4N. The summed E-state index contributed by atoms with van der Waals surface area (Å²) >= 11 is 0. The van der Waals surface area contributed by atoms with Crippen molar-refractivity contribution in [2.45, 2.75) is 45.8 Å². The number of alkyl halides is 3. The fourth-order valence-electron chi connectivity index (χ4n) is 3.10. The van der Waals surface area contributed by atoms with E-state index in [-0.39, 0.29) is 17.1 Å². The smallest absolute Gasteiger partial charge is 0.380 e. The first-order valence-corrected chi connectivity index (χ1v) is 6.72. The van der Waals surface area contributed by atoms with Crippen LogP contribution in [-0.2, 0) is 6.18 Å². The van der Waals surface area contributed by atoms with Gasteiger partial charge in [-0.25, -0.2) is 4.39 Å². The van der Waals surface area contributed by atoms with Gasteiger partial charge in [0.1, 0.15) is 5.82 Å². The monoisotopic (exact) mass is 289 g/mol. The van der Waals surface area contributed by atoms with Gasteiger partial charge < -0.3 is 5.32 Å². The number of halogens is 4. The first kappa shape index (κ1) is 15.1. The van der Waals surface area contributed by atoms with Crippen molar-refractivity contribution < 1.29 is 17.6 Å². The lowest BCUT2D eigenvalue weighted by Gasteiger charge is -2.21. The summed E-state index contributed by atoms with van der Waals surface area (Å²) in [6.07, 6.45) is -2.65. The van der Waals surface area contributed by atoms with Crippen molar-refractivity contribution in [1.29, 1.82) is 0 Å². The normalized spacial score (nSPS) is 25.8.